The quantitative estimate of drug-likeness (QED) is 0.488. The van der Waals surface area contributed by atoms with Crippen LogP contribution in [0.1, 0.15) is 15.4 Å². The van der Waals surface area contributed by atoms with Crippen LogP contribution >= 0.6 is 11.3 Å². The van der Waals surface area contributed by atoms with Crippen molar-refractivity contribution >= 4 is 28.1 Å². The van der Waals surface area contributed by atoms with E-state index in [1.807, 2.05) is 60.0 Å². The van der Waals surface area contributed by atoms with Crippen LogP contribution in [0.4, 0.5) is 0 Å². The van der Waals surface area contributed by atoms with E-state index in [4.69, 9.17) is 9.47 Å². The maximum atomic E-state index is 13.4. The van der Waals surface area contributed by atoms with Crippen LogP contribution in [-0.4, -0.2) is 40.0 Å². The van der Waals surface area contributed by atoms with Crippen LogP contribution in [0.25, 0.3) is 10.9 Å². The van der Waals surface area contributed by atoms with Crippen LogP contribution in [0, 0.1) is 0 Å². The Hall–Kier alpha value is -3.45. The molecule has 0 spiro atoms. The topological polar surface area (TPSA) is 64.6 Å². The Morgan fingerprint density at radius 2 is 1.93 bits per heavy atom. The molecule has 5 rings (SSSR count). The first kappa shape index (κ1) is 18.6. The molecule has 0 N–H and O–H groups in total. The molecule has 150 valence electrons. The van der Waals surface area contributed by atoms with Gasteiger partial charge in [0.1, 0.15) is 11.6 Å². The summed E-state index contributed by atoms with van der Waals surface area (Å²) in [6.07, 6.45) is 3.11. The van der Waals surface area contributed by atoms with E-state index in [9.17, 15) is 4.79 Å². The van der Waals surface area contributed by atoms with E-state index >= 15 is 0 Å². The maximum Gasteiger partial charge on any atom is 0.255 e. The number of amides is 1. The molecule has 0 saturated heterocycles. The highest BCUT2D eigenvalue weighted by Gasteiger charge is 2.27. The molecule has 0 radical (unpaired) electrons. The fourth-order valence-electron chi connectivity index (χ4n) is 3.48. The van der Waals surface area contributed by atoms with Crippen LogP contribution < -0.4 is 9.47 Å². The fraction of sp³-hybridized carbons (Fsp3) is 0.174. The largest absolute Gasteiger partial charge is 0.486 e. The molecule has 0 aliphatic carbocycles. The number of rotatable bonds is 5. The van der Waals surface area contributed by atoms with Gasteiger partial charge in [0.15, 0.2) is 17.6 Å². The van der Waals surface area contributed by atoms with Gasteiger partial charge in [0, 0.05) is 23.2 Å². The number of hydrogen-bond donors (Lipinski definition) is 0. The van der Waals surface area contributed by atoms with Crippen molar-refractivity contribution in [3.8, 4) is 11.5 Å². The highest BCUT2D eigenvalue weighted by atomic mass is 32.1. The molecule has 2 aromatic heterocycles. The average molecular weight is 417 g/mol. The van der Waals surface area contributed by atoms with Crippen LogP contribution in [0.5, 0.6) is 11.5 Å². The Bertz CT molecular complexity index is 1180. The lowest BCUT2D eigenvalue weighted by Crippen LogP contribution is -2.43. The number of benzene rings is 2. The number of hydrogen-bond acceptors (Lipinski definition) is 6. The summed E-state index contributed by atoms with van der Waals surface area (Å²) >= 11 is 1.52. The summed E-state index contributed by atoms with van der Waals surface area (Å²) in [5.41, 5.74) is 1.41. The summed E-state index contributed by atoms with van der Waals surface area (Å²) < 4.78 is 11.9. The zero-order chi connectivity index (χ0) is 20.3. The van der Waals surface area contributed by atoms with Gasteiger partial charge >= 0.3 is 0 Å². The van der Waals surface area contributed by atoms with Crippen molar-refractivity contribution in [3.05, 3.63) is 82.9 Å². The molecule has 7 heteroatoms. The van der Waals surface area contributed by atoms with Crippen molar-refractivity contribution in [1.82, 2.24) is 14.9 Å². The number of fused-ring (bicyclic) bond motifs is 2. The lowest BCUT2D eigenvalue weighted by atomic mass is 10.1. The number of pyridine rings is 1. The van der Waals surface area contributed by atoms with Crippen LogP contribution in [0.2, 0.25) is 0 Å². The Kier molecular flexibility index (Phi) is 5.03. The summed E-state index contributed by atoms with van der Waals surface area (Å²) in [7, 11) is 0. The number of ether oxygens (including phenoxy) is 2. The van der Waals surface area contributed by atoms with E-state index < -0.39 is 0 Å². The van der Waals surface area contributed by atoms with E-state index in [1.54, 1.807) is 17.3 Å². The normalized spacial score (nSPS) is 15.1. The second-order valence-electron chi connectivity index (χ2n) is 7.03. The number of nitrogens with zero attached hydrogens (tertiary/aromatic N) is 3. The average Bonchev–Trinajstić information content (AvgIpc) is 3.31. The van der Waals surface area contributed by atoms with Gasteiger partial charge in [-0.25, -0.2) is 4.98 Å². The van der Waals surface area contributed by atoms with Crippen LogP contribution in [0.15, 0.2) is 72.4 Å². The van der Waals surface area contributed by atoms with Gasteiger partial charge in [0.25, 0.3) is 5.91 Å². The fourth-order valence-corrected chi connectivity index (χ4v) is 4.11. The van der Waals surface area contributed by atoms with Gasteiger partial charge in [0.05, 0.1) is 24.2 Å². The van der Waals surface area contributed by atoms with Crippen LogP contribution in [-0.2, 0) is 6.54 Å². The van der Waals surface area contributed by atoms with Crippen LogP contribution in [0.3, 0.4) is 0 Å². The highest BCUT2D eigenvalue weighted by molar-refractivity contribution is 7.09. The molecule has 3 heterocycles. The molecule has 30 heavy (non-hydrogen) atoms. The SMILES string of the molecule is O=C(c1cnc2ccccc2c1)N(Cc1nccs1)CC1COc2ccccc2O1. The Balaban J connectivity index is 1.40. The third-order valence-corrected chi connectivity index (χ3v) is 5.69. The van der Waals surface area contributed by atoms with E-state index in [-0.39, 0.29) is 12.0 Å². The molecule has 6 nitrogen and oxygen atoms in total. The van der Waals surface area contributed by atoms with Gasteiger partial charge in [-0.2, -0.15) is 0 Å². The molecule has 4 aromatic rings. The lowest BCUT2D eigenvalue weighted by molar-refractivity contribution is 0.0444. The number of para-hydroxylation sites is 3. The third kappa shape index (κ3) is 3.84. The standard InChI is InChI=1S/C23H19N3O3S/c27-23(17-11-16-5-1-2-6-19(16)25-12-17)26(14-22-24-9-10-30-22)13-18-15-28-20-7-3-4-8-21(20)29-18/h1-12,18H,13-15H2. The summed E-state index contributed by atoms with van der Waals surface area (Å²) in [6, 6.07) is 17.2. The monoisotopic (exact) mass is 417 g/mol. The van der Waals surface area contributed by atoms with Gasteiger partial charge in [-0.3, -0.25) is 9.78 Å². The third-order valence-electron chi connectivity index (χ3n) is 4.93. The minimum atomic E-state index is -0.266. The van der Waals surface area contributed by atoms with Gasteiger partial charge in [0.2, 0.25) is 0 Å². The predicted molar refractivity (Wildman–Crippen MR) is 115 cm³/mol. The predicted octanol–water partition coefficient (Wildman–Crippen LogP) is 4.17. The van der Waals surface area contributed by atoms with E-state index in [1.165, 1.54) is 11.3 Å². The molecular formula is C23H19N3O3S. The minimum absolute atomic E-state index is 0.106. The number of aromatic nitrogens is 2. The first-order valence-electron chi connectivity index (χ1n) is 9.67. The molecule has 0 fully saturated rings. The smallest absolute Gasteiger partial charge is 0.255 e. The summed E-state index contributed by atoms with van der Waals surface area (Å²) in [5, 5.41) is 3.71. The van der Waals surface area contributed by atoms with Gasteiger partial charge in [-0.1, -0.05) is 30.3 Å². The van der Waals surface area contributed by atoms with E-state index in [2.05, 4.69) is 9.97 Å². The first-order valence-corrected chi connectivity index (χ1v) is 10.6. The molecule has 1 amide bonds. The Labute approximate surface area is 177 Å². The maximum absolute atomic E-state index is 13.4. The van der Waals surface area contributed by atoms with Crippen molar-refractivity contribution in [1.29, 1.82) is 0 Å². The van der Waals surface area contributed by atoms with Gasteiger partial charge in [-0.15, -0.1) is 11.3 Å². The number of carbonyl (C=O) groups is 1. The van der Waals surface area contributed by atoms with E-state index in [0.717, 1.165) is 21.7 Å². The molecule has 1 atom stereocenters. The zero-order valence-corrected chi connectivity index (χ0v) is 16.9. The molecule has 1 aliphatic rings. The first-order chi connectivity index (χ1) is 14.8. The summed E-state index contributed by atoms with van der Waals surface area (Å²) in [4.78, 5) is 23.9. The van der Waals surface area contributed by atoms with E-state index in [0.29, 0.717) is 31.0 Å². The molecule has 0 bridgehead atoms. The molecule has 0 saturated carbocycles. The molecule has 1 unspecified atom stereocenters. The molecule has 2 aromatic carbocycles. The van der Waals surface area contributed by atoms with Crippen molar-refractivity contribution in [2.24, 2.45) is 0 Å². The Morgan fingerprint density at radius 3 is 2.80 bits per heavy atom. The number of carbonyl (C=O) groups excluding carboxylic acids is 1. The van der Waals surface area contributed by atoms with Crippen molar-refractivity contribution in [2.45, 2.75) is 12.6 Å². The highest BCUT2D eigenvalue weighted by Crippen LogP contribution is 2.31. The minimum Gasteiger partial charge on any atom is -0.486 e. The lowest BCUT2D eigenvalue weighted by Gasteiger charge is -2.31. The Morgan fingerprint density at radius 1 is 1.10 bits per heavy atom. The van der Waals surface area contributed by atoms with Gasteiger partial charge < -0.3 is 14.4 Å². The second kappa shape index (κ2) is 8.12. The summed E-state index contributed by atoms with van der Waals surface area (Å²) in [6.45, 7) is 1.18. The zero-order valence-electron chi connectivity index (χ0n) is 16.1. The van der Waals surface area contributed by atoms with Crippen molar-refractivity contribution in [2.75, 3.05) is 13.2 Å². The molecule has 1 aliphatic heterocycles. The van der Waals surface area contributed by atoms with Gasteiger partial charge in [-0.05, 0) is 24.3 Å². The number of thiazole rings is 1. The van der Waals surface area contributed by atoms with Crippen molar-refractivity contribution in [3.63, 3.8) is 0 Å². The second-order valence-corrected chi connectivity index (χ2v) is 8.00. The summed E-state index contributed by atoms with van der Waals surface area (Å²) in [5.74, 6) is 1.32. The van der Waals surface area contributed by atoms with Crippen molar-refractivity contribution < 1.29 is 14.3 Å². The molecular weight excluding hydrogens is 398 g/mol.